The van der Waals surface area contributed by atoms with Gasteiger partial charge in [0.25, 0.3) is 0 Å². The van der Waals surface area contributed by atoms with Gasteiger partial charge >= 0.3 is 0 Å². The van der Waals surface area contributed by atoms with E-state index in [1.165, 1.54) is 0 Å². The number of nitrogen functional groups attached to an aromatic ring is 1. The zero-order valence-electron chi connectivity index (χ0n) is 13.3. The van der Waals surface area contributed by atoms with E-state index in [-0.39, 0.29) is 11.3 Å². The fraction of sp³-hybridized carbons (Fsp3) is 0.588. The number of carbonyl (C=O) groups is 1. The lowest BCUT2D eigenvalue weighted by molar-refractivity contribution is -0.131. The van der Waals surface area contributed by atoms with Gasteiger partial charge in [0.1, 0.15) is 5.75 Å². The Balaban J connectivity index is 2.16. The molecule has 2 rings (SSSR count). The van der Waals surface area contributed by atoms with Crippen LogP contribution in [0.3, 0.4) is 0 Å². The SMILES string of the molecule is CCOc1ccc(N)cc1CN1CCC(C)(C)CCC1=O. The van der Waals surface area contributed by atoms with Crippen molar-refractivity contribution in [3.8, 4) is 5.75 Å². The lowest BCUT2D eigenvalue weighted by Crippen LogP contribution is -2.30. The first-order chi connectivity index (χ1) is 9.91. The summed E-state index contributed by atoms with van der Waals surface area (Å²) in [4.78, 5) is 14.3. The quantitative estimate of drug-likeness (QED) is 0.866. The third-order valence-electron chi connectivity index (χ3n) is 4.17. The van der Waals surface area contributed by atoms with Gasteiger partial charge in [-0.2, -0.15) is 0 Å². The number of anilines is 1. The van der Waals surface area contributed by atoms with Crippen LogP contribution in [0.15, 0.2) is 18.2 Å². The minimum absolute atomic E-state index is 0.227. The second kappa shape index (κ2) is 6.37. The monoisotopic (exact) mass is 290 g/mol. The van der Waals surface area contributed by atoms with Crippen molar-refractivity contribution in [1.29, 1.82) is 0 Å². The third kappa shape index (κ3) is 4.13. The molecule has 1 saturated heterocycles. The maximum atomic E-state index is 12.3. The lowest BCUT2D eigenvalue weighted by atomic mass is 9.85. The summed E-state index contributed by atoms with van der Waals surface area (Å²) in [6, 6.07) is 5.64. The number of rotatable bonds is 4. The Hall–Kier alpha value is -1.71. The van der Waals surface area contributed by atoms with Gasteiger partial charge in [-0.1, -0.05) is 13.8 Å². The number of ether oxygens (including phenoxy) is 1. The summed E-state index contributed by atoms with van der Waals surface area (Å²) < 4.78 is 5.65. The molecule has 1 aromatic carbocycles. The third-order valence-corrected chi connectivity index (χ3v) is 4.17. The van der Waals surface area contributed by atoms with Gasteiger partial charge in [-0.3, -0.25) is 4.79 Å². The number of hydrogen-bond donors (Lipinski definition) is 1. The van der Waals surface area contributed by atoms with Crippen LogP contribution in [0.1, 0.15) is 45.6 Å². The predicted molar refractivity (Wildman–Crippen MR) is 85.1 cm³/mol. The molecule has 1 aliphatic heterocycles. The molecule has 21 heavy (non-hydrogen) atoms. The molecule has 2 N–H and O–H groups in total. The molecule has 1 fully saturated rings. The topological polar surface area (TPSA) is 55.6 Å². The second-order valence-corrected chi connectivity index (χ2v) is 6.53. The molecule has 0 saturated carbocycles. The van der Waals surface area contributed by atoms with Crippen LogP contribution in [-0.4, -0.2) is 24.0 Å². The highest BCUT2D eigenvalue weighted by Crippen LogP contribution is 2.32. The van der Waals surface area contributed by atoms with E-state index in [4.69, 9.17) is 10.5 Å². The smallest absolute Gasteiger partial charge is 0.222 e. The van der Waals surface area contributed by atoms with Gasteiger partial charge in [0.15, 0.2) is 0 Å². The summed E-state index contributed by atoms with van der Waals surface area (Å²) in [6.07, 6.45) is 2.61. The van der Waals surface area contributed by atoms with E-state index in [1.807, 2.05) is 30.0 Å². The maximum Gasteiger partial charge on any atom is 0.222 e. The van der Waals surface area contributed by atoms with Gasteiger partial charge < -0.3 is 15.4 Å². The zero-order chi connectivity index (χ0) is 15.5. The molecular weight excluding hydrogens is 264 g/mol. The Morgan fingerprint density at radius 3 is 2.81 bits per heavy atom. The van der Waals surface area contributed by atoms with Crippen LogP contribution >= 0.6 is 0 Å². The number of nitrogens with two attached hydrogens (primary N) is 1. The van der Waals surface area contributed by atoms with Gasteiger partial charge in [0.05, 0.1) is 6.61 Å². The second-order valence-electron chi connectivity index (χ2n) is 6.53. The molecule has 1 heterocycles. The molecule has 1 aliphatic rings. The fourth-order valence-corrected chi connectivity index (χ4v) is 2.68. The van der Waals surface area contributed by atoms with Crippen LogP contribution in [0, 0.1) is 5.41 Å². The van der Waals surface area contributed by atoms with Gasteiger partial charge in [-0.25, -0.2) is 0 Å². The molecule has 0 atom stereocenters. The van der Waals surface area contributed by atoms with E-state index in [0.717, 1.165) is 30.7 Å². The summed E-state index contributed by atoms with van der Waals surface area (Å²) in [5.74, 6) is 1.05. The van der Waals surface area contributed by atoms with Crippen molar-refractivity contribution >= 4 is 11.6 Å². The fourth-order valence-electron chi connectivity index (χ4n) is 2.68. The molecule has 1 amide bonds. The lowest BCUT2D eigenvalue weighted by Gasteiger charge is -2.24. The Morgan fingerprint density at radius 2 is 2.10 bits per heavy atom. The van der Waals surface area contributed by atoms with E-state index in [0.29, 0.717) is 25.3 Å². The van der Waals surface area contributed by atoms with Crippen molar-refractivity contribution in [1.82, 2.24) is 4.90 Å². The number of hydrogen-bond acceptors (Lipinski definition) is 3. The number of carbonyl (C=O) groups excluding carboxylic acids is 1. The van der Waals surface area contributed by atoms with Crippen LogP contribution in [0.25, 0.3) is 0 Å². The van der Waals surface area contributed by atoms with Gasteiger partial charge in [-0.05, 0) is 43.4 Å². The predicted octanol–water partition coefficient (Wildman–Crippen LogP) is 3.21. The van der Waals surface area contributed by atoms with E-state index in [2.05, 4.69) is 13.8 Å². The highest BCUT2D eigenvalue weighted by molar-refractivity contribution is 5.76. The highest BCUT2D eigenvalue weighted by atomic mass is 16.5. The van der Waals surface area contributed by atoms with Crippen molar-refractivity contribution in [3.05, 3.63) is 23.8 Å². The number of amides is 1. The van der Waals surface area contributed by atoms with Gasteiger partial charge in [0.2, 0.25) is 5.91 Å². The van der Waals surface area contributed by atoms with Crippen molar-refractivity contribution in [3.63, 3.8) is 0 Å². The van der Waals surface area contributed by atoms with Crippen LogP contribution in [-0.2, 0) is 11.3 Å². The molecule has 4 nitrogen and oxygen atoms in total. The van der Waals surface area contributed by atoms with E-state index in [9.17, 15) is 4.79 Å². The first-order valence-corrected chi connectivity index (χ1v) is 7.70. The van der Waals surface area contributed by atoms with Crippen LogP contribution in [0.4, 0.5) is 5.69 Å². The van der Waals surface area contributed by atoms with E-state index in [1.54, 1.807) is 0 Å². The molecule has 116 valence electrons. The van der Waals surface area contributed by atoms with Crippen LogP contribution < -0.4 is 10.5 Å². The van der Waals surface area contributed by atoms with Crippen LogP contribution in [0.5, 0.6) is 5.75 Å². The normalized spacial score (nSPS) is 18.4. The van der Waals surface area contributed by atoms with Crippen molar-refractivity contribution in [2.24, 2.45) is 5.41 Å². The van der Waals surface area contributed by atoms with E-state index >= 15 is 0 Å². The minimum Gasteiger partial charge on any atom is -0.494 e. The van der Waals surface area contributed by atoms with E-state index < -0.39 is 0 Å². The summed E-state index contributed by atoms with van der Waals surface area (Å²) in [7, 11) is 0. The highest BCUT2D eigenvalue weighted by Gasteiger charge is 2.27. The maximum absolute atomic E-state index is 12.3. The molecule has 1 aromatic rings. The molecule has 0 aromatic heterocycles. The number of benzene rings is 1. The number of likely N-dealkylation sites (tertiary alicyclic amines) is 1. The molecular formula is C17H26N2O2. The Morgan fingerprint density at radius 1 is 1.33 bits per heavy atom. The summed E-state index contributed by atoms with van der Waals surface area (Å²) in [6.45, 7) is 8.41. The Kier molecular flexibility index (Phi) is 4.76. The Bertz CT molecular complexity index is 512. The molecule has 0 unspecified atom stereocenters. The number of nitrogens with zero attached hydrogens (tertiary/aromatic N) is 1. The van der Waals surface area contributed by atoms with Gasteiger partial charge in [-0.15, -0.1) is 0 Å². The molecule has 0 spiro atoms. The van der Waals surface area contributed by atoms with Crippen molar-refractivity contribution < 1.29 is 9.53 Å². The standard InChI is InChI=1S/C17H26N2O2/c1-4-21-15-6-5-14(18)11-13(15)12-19-10-9-17(2,3)8-7-16(19)20/h5-6,11H,4,7-10,12,18H2,1-3H3. The summed E-state index contributed by atoms with van der Waals surface area (Å²) in [5, 5.41) is 0. The largest absolute Gasteiger partial charge is 0.494 e. The molecule has 4 heteroatoms. The minimum atomic E-state index is 0.227. The molecule has 0 bridgehead atoms. The zero-order valence-corrected chi connectivity index (χ0v) is 13.3. The van der Waals surface area contributed by atoms with Crippen molar-refractivity contribution in [2.45, 2.75) is 46.6 Å². The van der Waals surface area contributed by atoms with Crippen LogP contribution in [0.2, 0.25) is 0 Å². The molecule has 0 radical (unpaired) electrons. The first kappa shape index (κ1) is 15.7. The van der Waals surface area contributed by atoms with Gasteiger partial charge in [0, 0.05) is 30.8 Å². The molecule has 0 aliphatic carbocycles. The average molecular weight is 290 g/mol. The summed E-state index contributed by atoms with van der Waals surface area (Å²) in [5.41, 5.74) is 7.81. The summed E-state index contributed by atoms with van der Waals surface area (Å²) >= 11 is 0. The van der Waals surface area contributed by atoms with Crippen molar-refractivity contribution in [2.75, 3.05) is 18.9 Å². The Labute approximate surface area is 127 Å². The average Bonchev–Trinajstić information content (AvgIpc) is 2.55. The first-order valence-electron chi connectivity index (χ1n) is 7.70.